The van der Waals surface area contributed by atoms with E-state index in [2.05, 4.69) is 4.98 Å². The molecule has 0 radical (unpaired) electrons. The molecule has 0 aromatic carbocycles. The van der Waals surface area contributed by atoms with Gasteiger partial charge in [-0.1, -0.05) is 0 Å². The zero-order valence-corrected chi connectivity index (χ0v) is 9.70. The van der Waals surface area contributed by atoms with Gasteiger partial charge < -0.3 is 0 Å². The number of hydrogen-bond donors (Lipinski definition) is 0. The molecule has 1 aromatic heterocycles. The maximum Gasteiger partial charge on any atom is 0.501 e. The Kier molecular flexibility index (Phi) is 3.02. The smallest absolute Gasteiger partial charge is 0.257 e. The van der Waals surface area contributed by atoms with Crippen molar-refractivity contribution in [3.63, 3.8) is 0 Å². The van der Waals surface area contributed by atoms with Gasteiger partial charge in [-0.3, -0.25) is 4.98 Å². The summed E-state index contributed by atoms with van der Waals surface area (Å²) in [6.07, 6.45) is 0. The van der Waals surface area contributed by atoms with E-state index in [0.29, 0.717) is 5.69 Å². The molecule has 0 aliphatic heterocycles. The van der Waals surface area contributed by atoms with Gasteiger partial charge >= 0.3 is 5.51 Å². The second-order valence-corrected chi connectivity index (χ2v) is 5.32. The third kappa shape index (κ3) is 2.04. The van der Waals surface area contributed by atoms with Crippen LogP contribution in [0.15, 0.2) is 11.0 Å². The second kappa shape index (κ2) is 3.73. The monoisotopic (exact) mass is 253 g/mol. The van der Waals surface area contributed by atoms with Gasteiger partial charge in [-0.15, -0.1) is 0 Å². The van der Waals surface area contributed by atoms with Crippen molar-refractivity contribution in [3.8, 4) is 0 Å². The van der Waals surface area contributed by atoms with Gasteiger partial charge in [-0.05, 0) is 32.4 Å². The number of pyridine rings is 1. The molecule has 0 aliphatic carbocycles. The summed E-state index contributed by atoms with van der Waals surface area (Å²) in [6, 6.07) is 1.31. The first-order valence-electron chi connectivity index (χ1n) is 4.33. The quantitative estimate of drug-likeness (QED) is 0.771. The Labute approximate surface area is 91.2 Å². The van der Waals surface area contributed by atoms with Crippen molar-refractivity contribution in [1.82, 2.24) is 4.98 Å². The van der Waals surface area contributed by atoms with Crippen LogP contribution >= 0.6 is 0 Å². The first kappa shape index (κ1) is 13.0. The van der Waals surface area contributed by atoms with E-state index in [4.69, 9.17) is 0 Å². The lowest BCUT2D eigenvalue weighted by atomic mass is 10.2. The maximum atomic E-state index is 12.4. The standard InChI is InChI=1S/C9H10F3NO2S/c1-5-4-6(2)13-7(3)8(5)16(14,15)9(10,11)12/h4H,1-3H3. The van der Waals surface area contributed by atoms with Gasteiger partial charge in [-0.25, -0.2) is 8.42 Å². The fraction of sp³-hybridized carbons (Fsp3) is 0.444. The van der Waals surface area contributed by atoms with Crippen LogP contribution < -0.4 is 0 Å². The van der Waals surface area contributed by atoms with Gasteiger partial charge in [0.25, 0.3) is 9.84 Å². The lowest BCUT2D eigenvalue weighted by Gasteiger charge is -2.13. The Balaban J connectivity index is 3.59. The van der Waals surface area contributed by atoms with Crippen molar-refractivity contribution in [1.29, 1.82) is 0 Å². The molecule has 3 nitrogen and oxygen atoms in total. The minimum atomic E-state index is -5.32. The summed E-state index contributed by atoms with van der Waals surface area (Å²) in [6.45, 7) is 4.16. The molecule has 1 aromatic rings. The topological polar surface area (TPSA) is 47.0 Å². The lowest BCUT2D eigenvalue weighted by molar-refractivity contribution is -0.0436. The first-order chi connectivity index (χ1) is 7.07. The van der Waals surface area contributed by atoms with Gasteiger partial charge in [0, 0.05) is 5.69 Å². The maximum absolute atomic E-state index is 12.4. The largest absolute Gasteiger partial charge is 0.501 e. The summed E-state index contributed by atoms with van der Waals surface area (Å²) in [7, 11) is -5.32. The molecule has 0 spiro atoms. The lowest BCUT2D eigenvalue weighted by Crippen LogP contribution is -2.25. The van der Waals surface area contributed by atoms with Gasteiger partial charge in [0.05, 0.1) is 5.69 Å². The van der Waals surface area contributed by atoms with E-state index in [-0.39, 0.29) is 11.3 Å². The van der Waals surface area contributed by atoms with Crippen LogP contribution in [0.3, 0.4) is 0 Å². The molecule has 16 heavy (non-hydrogen) atoms. The van der Waals surface area contributed by atoms with Gasteiger partial charge in [-0.2, -0.15) is 13.2 Å². The molecule has 0 bridgehead atoms. The summed E-state index contributed by atoms with van der Waals surface area (Å²) in [5, 5.41) is 0. The summed E-state index contributed by atoms with van der Waals surface area (Å²) in [5.74, 6) is 0. The molecule has 0 N–H and O–H groups in total. The number of rotatable bonds is 1. The number of sulfone groups is 1. The van der Waals surface area contributed by atoms with E-state index < -0.39 is 20.2 Å². The third-order valence-corrected chi connectivity index (χ3v) is 3.79. The number of aromatic nitrogens is 1. The van der Waals surface area contributed by atoms with Crippen molar-refractivity contribution in [2.45, 2.75) is 31.2 Å². The van der Waals surface area contributed by atoms with Crippen LogP contribution in [0.25, 0.3) is 0 Å². The van der Waals surface area contributed by atoms with E-state index in [1.54, 1.807) is 6.92 Å². The average molecular weight is 253 g/mol. The molecule has 90 valence electrons. The SMILES string of the molecule is Cc1cc(C)c(S(=O)(=O)C(F)(F)F)c(C)n1. The number of hydrogen-bond acceptors (Lipinski definition) is 3. The van der Waals surface area contributed by atoms with Crippen LogP contribution in [0.1, 0.15) is 17.0 Å². The molecule has 7 heteroatoms. The minimum absolute atomic E-state index is 0.0577. The normalized spacial score (nSPS) is 12.9. The second-order valence-electron chi connectivity index (χ2n) is 3.44. The average Bonchev–Trinajstić information content (AvgIpc) is 1.97. The Morgan fingerprint density at radius 2 is 1.69 bits per heavy atom. The number of halogens is 3. The van der Waals surface area contributed by atoms with Crippen LogP contribution in [0.4, 0.5) is 13.2 Å². The molecule has 0 fully saturated rings. The van der Waals surface area contributed by atoms with Crippen LogP contribution in [0.2, 0.25) is 0 Å². The van der Waals surface area contributed by atoms with Crippen LogP contribution in [-0.4, -0.2) is 18.9 Å². The molecule has 1 rings (SSSR count). The third-order valence-electron chi connectivity index (χ3n) is 2.03. The fourth-order valence-electron chi connectivity index (χ4n) is 1.53. The summed E-state index contributed by atoms with van der Waals surface area (Å²) >= 11 is 0. The molecular formula is C9H10F3NO2S. The van der Waals surface area contributed by atoms with Crippen molar-refractivity contribution >= 4 is 9.84 Å². The van der Waals surface area contributed by atoms with E-state index in [0.717, 1.165) is 0 Å². The highest BCUT2D eigenvalue weighted by molar-refractivity contribution is 7.92. The van der Waals surface area contributed by atoms with Crippen molar-refractivity contribution in [2.75, 3.05) is 0 Å². The van der Waals surface area contributed by atoms with Crippen LogP contribution in [0.5, 0.6) is 0 Å². The Morgan fingerprint density at radius 1 is 1.19 bits per heavy atom. The Morgan fingerprint density at radius 3 is 2.06 bits per heavy atom. The van der Waals surface area contributed by atoms with Crippen molar-refractivity contribution in [2.24, 2.45) is 0 Å². The van der Waals surface area contributed by atoms with E-state index in [1.165, 1.54) is 19.9 Å². The summed E-state index contributed by atoms with van der Waals surface area (Å²) in [5.41, 5.74) is -4.88. The number of nitrogens with zero attached hydrogens (tertiary/aromatic N) is 1. The number of alkyl halides is 3. The highest BCUT2D eigenvalue weighted by Gasteiger charge is 2.48. The number of aryl methyl sites for hydroxylation is 3. The predicted molar refractivity (Wildman–Crippen MR) is 51.7 cm³/mol. The molecule has 0 saturated carbocycles. The fourth-order valence-corrected chi connectivity index (χ4v) is 2.68. The van der Waals surface area contributed by atoms with E-state index in [1.807, 2.05) is 0 Å². The Hall–Kier alpha value is -1.11. The molecule has 0 saturated heterocycles. The van der Waals surface area contributed by atoms with Gasteiger partial charge in [0.15, 0.2) is 0 Å². The van der Waals surface area contributed by atoms with Crippen molar-refractivity contribution in [3.05, 3.63) is 23.0 Å². The zero-order chi connectivity index (χ0) is 12.7. The first-order valence-corrected chi connectivity index (χ1v) is 5.82. The molecule has 0 unspecified atom stereocenters. The Bertz CT molecular complexity index is 497. The van der Waals surface area contributed by atoms with Gasteiger partial charge in [0.1, 0.15) is 4.90 Å². The minimum Gasteiger partial charge on any atom is -0.257 e. The molecule has 0 atom stereocenters. The van der Waals surface area contributed by atoms with Crippen LogP contribution in [-0.2, 0) is 9.84 Å². The molecular weight excluding hydrogens is 243 g/mol. The summed E-state index contributed by atoms with van der Waals surface area (Å²) in [4.78, 5) is 2.99. The van der Waals surface area contributed by atoms with E-state index >= 15 is 0 Å². The molecule has 0 aliphatic rings. The van der Waals surface area contributed by atoms with Gasteiger partial charge in [0.2, 0.25) is 0 Å². The summed E-state index contributed by atoms with van der Waals surface area (Å²) < 4.78 is 59.6. The molecule has 1 heterocycles. The zero-order valence-electron chi connectivity index (χ0n) is 8.88. The van der Waals surface area contributed by atoms with Crippen LogP contribution in [0, 0.1) is 20.8 Å². The molecule has 0 amide bonds. The van der Waals surface area contributed by atoms with Crippen molar-refractivity contribution < 1.29 is 21.6 Å². The van der Waals surface area contributed by atoms with E-state index in [9.17, 15) is 21.6 Å². The highest BCUT2D eigenvalue weighted by Crippen LogP contribution is 2.33. The highest BCUT2D eigenvalue weighted by atomic mass is 32.2. The predicted octanol–water partition coefficient (Wildman–Crippen LogP) is 2.30.